The molecule has 0 radical (unpaired) electrons. The van der Waals surface area contributed by atoms with Crippen molar-refractivity contribution in [2.24, 2.45) is 0 Å². The summed E-state index contributed by atoms with van der Waals surface area (Å²) in [6, 6.07) is 13.3. The van der Waals surface area contributed by atoms with Crippen LogP contribution in [0.1, 0.15) is 16.2 Å². The fourth-order valence-electron chi connectivity index (χ4n) is 4.09. The molecule has 0 aliphatic heterocycles. The van der Waals surface area contributed by atoms with Gasteiger partial charge in [-0.25, -0.2) is 9.78 Å². The van der Waals surface area contributed by atoms with E-state index in [0.29, 0.717) is 33.7 Å². The largest absolute Gasteiger partial charge is 0.501 e. The maximum atomic E-state index is 12.3. The molecule has 0 aliphatic carbocycles. The number of imidazole rings is 1. The Kier molecular flexibility index (Phi) is 5.48. The van der Waals surface area contributed by atoms with E-state index < -0.39 is 17.1 Å². The van der Waals surface area contributed by atoms with Gasteiger partial charge in [-0.15, -0.1) is 0 Å². The summed E-state index contributed by atoms with van der Waals surface area (Å²) in [5, 5.41) is 21.0. The number of hydrogen-bond donors (Lipinski definition) is 4. The Hall–Kier alpha value is -4.99. The minimum Gasteiger partial charge on any atom is -0.501 e. The van der Waals surface area contributed by atoms with E-state index in [4.69, 9.17) is 18.9 Å². The second-order valence-corrected chi connectivity index (χ2v) is 8.03. The van der Waals surface area contributed by atoms with E-state index in [1.807, 2.05) is 0 Å². The monoisotopic (exact) mass is 487 g/mol. The maximum Gasteiger partial charge on any atom is 0.353 e. The Morgan fingerprint density at radius 2 is 1.69 bits per heavy atom. The van der Waals surface area contributed by atoms with Crippen LogP contribution < -0.4 is 14.9 Å². The average molecular weight is 487 g/mol. The molecule has 3 aromatic heterocycles. The number of nitrogens with zero attached hydrogens (tertiary/aromatic N) is 1. The Bertz CT molecular complexity index is 1680. The lowest BCUT2D eigenvalue weighted by atomic mass is 10.1. The molecule has 0 fully saturated rings. The van der Waals surface area contributed by atoms with Gasteiger partial charge in [0.05, 0.1) is 19.8 Å². The minimum atomic E-state index is -1.19. The van der Waals surface area contributed by atoms with Crippen molar-refractivity contribution in [3.63, 3.8) is 0 Å². The number of nitrogens with one attached hydrogen (secondary N) is 2. The average Bonchev–Trinajstić information content (AvgIpc) is 3.47. The zero-order chi connectivity index (χ0) is 25.6. The van der Waals surface area contributed by atoms with E-state index in [9.17, 15) is 19.8 Å². The number of aryl methyl sites for hydroxylation is 1. The van der Waals surface area contributed by atoms with Gasteiger partial charge in [-0.1, -0.05) is 0 Å². The van der Waals surface area contributed by atoms with Gasteiger partial charge in [-0.2, -0.15) is 0 Å². The van der Waals surface area contributed by atoms with Gasteiger partial charge in [0.15, 0.2) is 5.76 Å². The second-order valence-electron chi connectivity index (χ2n) is 8.03. The summed E-state index contributed by atoms with van der Waals surface area (Å²) in [6.07, 6.45) is 0. The first-order valence-corrected chi connectivity index (χ1v) is 10.8. The van der Waals surface area contributed by atoms with E-state index in [1.54, 1.807) is 56.5 Å². The highest BCUT2D eigenvalue weighted by Gasteiger charge is 2.26. The number of benzene rings is 2. The van der Waals surface area contributed by atoms with E-state index in [0.717, 1.165) is 0 Å². The van der Waals surface area contributed by atoms with Crippen LogP contribution in [0.5, 0.6) is 17.2 Å². The number of aromatic nitrogens is 3. The molecule has 0 bridgehead atoms. The number of carboxylic acid groups (broad SMARTS) is 1. The summed E-state index contributed by atoms with van der Waals surface area (Å²) < 4.78 is 16.3. The summed E-state index contributed by atoms with van der Waals surface area (Å²) in [5.74, 6) is -0.261. The lowest BCUT2D eigenvalue weighted by Crippen LogP contribution is -2.01. The molecule has 4 N–H and O–H groups in total. The van der Waals surface area contributed by atoms with Crippen molar-refractivity contribution in [2.75, 3.05) is 14.2 Å². The molecule has 0 atom stereocenters. The number of rotatable bonds is 6. The molecule has 0 saturated carbocycles. The molecule has 0 unspecified atom stereocenters. The van der Waals surface area contributed by atoms with Crippen LogP contribution in [-0.2, 0) is 0 Å². The van der Waals surface area contributed by atoms with Crippen molar-refractivity contribution in [3.05, 3.63) is 70.2 Å². The van der Waals surface area contributed by atoms with Crippen molar-refractivity contribution in [1.29, 1.82) is 0 Å². The SMILES string of the molecule is COc1ccc(-c2nc(-c3c(C(=O)O)[nH]c4ccc(OC)cc34)[nH]c2-c2oc(C)cc(=O)c2O)cc1. The number of hydrogen-bond acceptors (Lipinski definition) is 7. The van der Waals surface area contributed by atoms with Gasteiger partial charge in [-0.3, -0.25) is 4.79 Å². The number of carbonyl (C=O) groups is 1. The first kappa shape index (κ1) is 22.8. The number of aromatic amines is 2. The van der Waals surface area contributed by atoms with E-state index >= 15 is 0 Å². The lowest BCUT2D eigenvalue weighted by molar-refractivity contribution is 0.0692. The Morgan fingerprint density at radius 1 is 1.00 bits per heavy atom. The Balaban J connectivity index is 1.83. The smallest absolute Gasteiger partial charge is 0.353 e. The summed E-state index contributed by atoms with van der Waals surface area (Å²) >= 11 is 0. The molecule has 5 rings (SSSR count). The highest BCUT2D eigenvalue weighted by molar-refractivity contribution is 6.07. The lowest BCUT2D eigenvalue weighted by Gasteiger charge is -2.06. The molecule has 0 aliphatic rings. The van der Waals surface area contributed by atoms with Crippen LogP contribution in [0.3, 0.4) is 0 Å². The minimum absolute atomic E-state index is 0.0882. The van der Waals surface area contributed by atoms with Crippen molar-refractivity contribution in [1.82, 2.24) is 15.0 Å². The van der Waals surface area contributed by atoms with Crippen molar-refractivity contribution >= 4 is 16.9 Å². The fourth-order valence-corrected chi connectivity index (χ4v) is 4.09. The number of carboxylic acids is 1. The number of methoxy groups -OCH3 is 2. The predicted octanol–water partition coefficient (Wildman–Crippen LogP) is 4.57. The molecule has 2 aromatic carbocycles. The topological polar surface area (TPSA) is 151 Å². The third kappa shape index (κ3) is 3.74. The molecule has 10 nitrogen and oxygen atoms in total. The molecular weight excluding hydrogens is 466 g/mol. The Labute approximate surface area is 203 Å². The molecule has 36 heavy (non-hydrogen) atoms. The number of aromatic carboxylic acids is 1. The predicted molar refractivity (Wildman–Crippen MR) is 132 cm³/mol. The summed E-state index contributed by atoms with van der Waals surface area (Å²) in [5.41, 5.74) is 1.31. The van der Waals surface area contributed by atoms with E-state index in [-0.39, 0.29) is 34.3 Å². The van der Waals surface area contributed by atoms with Gasteiger partial charge in [0.2, 0.25) is 11.2 Å². The molecular formula is C26H21N3O7. The molecule has 0 spiro atoms. The van der Waals surface area contributed by atoms with E-state index in [2.05, 4.69) is 9.97 Å². The van der Waals surface area contributed by atoms with Crippen LogP contribution in [0.25, 0.3) is 45.0 Å². The third-order valence-corrected chi connectivity index (χ3v) is 5.80. The zero-order valence-electron chi connectivity index (χ0n) is 19.5. The zero-order valence-corrected chi connectivity index (χ0v) is 19.5. The highest BCUT2D eigenvalue weighted by atomic mass is 16.5. The molecule has 10 heteroatoms. The van der Waals surface area contributed by atoms with Gasteiger partial charge < -0.3 is 34.1 Å². The van der Waals surface area contributed by atoms with Crippen LogP contribution in [0.4, 0.5) is 0 Å². The van der Waals surface area contributed by atoms with Crippen molar-refractivity contribution in [3.8, 4) is 51.3 Å². The first-order chi connectivity index (χ1) is 17.3. The van der Waals surface area contributed by atoms with Crippen LogP contribution in [0.15, 0.2) is 57.7 Å². The fraction of sp³-hybridized carbons (Fsp3) is 0.115. The van der Waals surface area contributed by atoms with Crippen molar-refractivity contribution in [2.45, 2.75) is 6.92 Å². The van der Waals surface area contributed by atoms with Gasteiger partial charge in [0, 0.05) is 22.5 Å². The highest BCUT2D eigenvalue weighted by Crippen LogP contribution is 2.40. The van der Waals surface area contributed by atoms with Crippen LogP contribution in [0, 0.1) is 6.92 Å². The van der Waals surface area contributed by atoms with Crippen molar-refractivity contribution < 1.29 is 28.9 Å². The molecule has 0 saturated heterocycles. The van der Waals surface area contributed by atoms with Crippen LogP contribution >= 0.6 is 0 Å². The maximum absolute atomic E-state index is 12.3. The summed E-state index contributed by atoms with van der Waals surface area (Å²) in [7, 11) is 3.06. The normalized spacial score (nSPS) is 11.1. The Morgan fingerprint density at radius 3 is 2.36 bits per heavy atom. The van der Waals surface area contributed by atoms with Gasteiger partial charge in [0.1, 0.15) is 40.2 Å². The summed E-state index contributed by atoms with van der Waals surface area (Å²) in [4.78, 5) is 35.2. The standard InChI is InChI=1S/C26H21N3O7/c1-12-10-18(30)23(31)24(36-12)22-20(13-4-6-14(34-2)7-5-13)28-25(29-22)19-16-11-15(35-3)8-9-17(16)27-21(19)26(32)33/h4-11,27,31H,1-3H3,(H,28,29)(H,32,33). The van der Waals surface area contributed by atoms with Gasteiger partial charge >= 0.3 is 5.97 Å². The van der Waals surface area contributed by atoms with Crippen LogP contribution in [0.2, 0.25) is 0 Å². The van der Waals surface area contributed by atoms with E-state index in [1.165, 1.54) is 13.2 Å². The first-order valence-electron chi connectivity index (χ1n) is 10.8. The number of H-pyrrole nitrogens is 2. The quantitative estimate of drug-likeness (QED) is 0.272. The second kappa shape index (κ2) is 8.66. The molecule has 182 valence electrons. The number of ether oxygens (including phenoxy) is 2. The van der Waals surface area contributed by atoms with Gasteiger partial charge in [-0.05, 0) is 49.4 Å². The molecule has 3 heterocycles. The summed E-state index contributed by atoms with van der Waals surface area (Å²) in [6.45, 7) is 1.59. The number of fused-ring (bicyclic) bond motifs is 1. The number of aromatic hydroxyl groups is 1. The van der Waals surface area contributed by atoms with Crippen LogP contribution in [-0.4, -0.2) is 45.4 Å². The molecule has 0 amide bonds. The third-order valence-electron chi connectivity index (χ3n) is 5.80. The van der Waals surface area contributed by atoms with Gasteiger partial charge in [0.25, 0.3) is 0 Å². The molecule has 5 aromatic rings.